The normalized spacial score (nSPS) is 16.0. The van der Waals surface area contributed by atoms with Crippen LogP contribution >= 0.6 is 0 Å². The lowest BCUT2D eigenvalue weighted by Crippen LogP contribution is -2.62. The van der Waals surface area contributed by atoms with Gasteiger partial charge < -0.3 is 21.5 Å². The van der Waals surface area contributed by atoms with Crippen molar-refractivity contribution in [3.05, 3.63) is 52.3 Å². The van der Waals surface area contributed by atoms with Gasteiger partial charge in [-0.2, -0.15) is 5.10 Å². The summed E-state index contributed by atoms with van der Waals surface area (Å²) >= 11 is 0. The number of carbonyl (C=O) groups is 3. The Morgan fingerprint density at radius 2 is 1.78 bits per heavy atom. The molecule has 1 aromatic carbocycles. The number of nitrogens with zero attached hydrogens (tertiary/aromatic N) is 2. The molecular weight excluding hydrogens is 414 g/mol. The van der Waals surface area contributed by atoms with Crippen LogP contribution < -0.4 is 21.9 Å². The number of aromatic nitrogens is 2. The fourth-order valence-electron chi connectivity index (χ4n) is 3.99. The third-order valence-electron chi connectivity index (χ3n) is 5.79. The maximum absolute atomic E-state index is 13.0. The van der Waals surface area contributed by atoms with Gasteiger partial charge in [0.05, 0.1) is 5.69 Å². The van der Waals surface area contributed by atoms with Gasteiger partial charge in [-0.3, -0.25) is 14.4 Å². The number of nitrogens with two attached hydrogens (primary N) is 1. The first-order chi connectivity index (χ1) is 15.2. The molecule has 3 rings (SSSR count). The lowest BCUT2D eigenvalue weighted by molar-refractivity contribution is -0.132. The molecule has 32 heavy (non-hydrogen) atoms. The van der Waals surface area contributed by atoms with Gasteiger partial charge in [-0.1, -0.05) is 43.5 Å². The first kappa shape index (κ1) is 23.0. The van der Waals surface area contributed by atoms with Crippen molar-refractivity contribution in [2.45, 2.75) is 50.1 Å². The first-order valence-corrected chi connectivity index (χ1v) is 10.5. The molecule has 5 N–H and O–H groups in total. The minimum atomic E-state index is -1.28. The molecule has 10 nitrogen and oxygen atoms in total. The first-order valence-electron chi connectivity index (χ1n) is 10.5. The summed E-state index contributed by atoms with van der Waals surface area (Å²) in [6.07, 6.45) is 1.98. The zero-order valence-electron chi connectivity index (χ0n) is 17.8. The van der Waals surface area contributed by atoms with E-state index in [1.807, 2.05) is 0 Å². The Kier molecular flexibility index (Phi) is 6.92. The van der Waals surface area contributed by atoms with Gasteiger partial charge in [-0.25, -0.2) is 9.48 Å². The van der Waals surface area contributed by atoms with E-state index in [0.717, 1.165) is 30.4 Å². The van der Waals surface area contributed by atoms with E-state index < -0.39 is 29.5 Å². The van der Waals surface area contributed by atoms with E-state index in [4.69, 9.17) is 5.73 Å². The van der Waals surface area contributed by atoms with Crippen LogP contribution in [0.2, 0.25) is 0 Å². The van der Waals surface area contributed by atoms with E-state index in [9.17, 15) is 24.3 Å². The smallest absolute Gasteiger partial charge is 0.405 e. The highest BCUT2D eigenvalue weighted by Crippen LogP contribution is 2.29. The molecule has 0 spiro atoms. The Hall–Kier alpha value is -3.69. The summed E-state index contributed by atoms with van der Waals surface area (Å²) < 4.78 is 1.24. The fourth-order valence-corrected chi connectivity index (χ4v) is 3.99. The minimum Gasteiger partial charge on any atom is -0.465 e. The Morgan fingerprint density at radius 3 is 2.34 bits per heavy atom. The fraction of sp³-hybridized carbons (Fsp3) is 0.409. The van der Waals surface area contributed by atoms with E-state index in [-0.39, 0.29) is 12.0 Å². The van der Waals surface area contributed by atoms with Gasteiger partial charge in [-0.05, 0) is 24.5 Å². The van der Waals surface area contributed by atoms with Crippen molar-refractivity contribution in [1.29, 1.82) is 0 Å². The lowest BCUT2D eigenvalue weighted by atomic mass is 9.80. The molecule has 2 aromatic rings. The second-order valence-electron chi connectivity index (χ2n) is 8.08. The van der Waals surface area contributed by atoms with Crippen molar-refractivity contribution in [3.8, 4) is 11.3 Å². The van der Waals surface area contributed by atoms with Crippen LogP contribution in [-0.2, 0) is 23.1 Å². The van der Waals surface area contributed by atoms with E-state index in [1.165, 1.54) is 10.7 Å². The Labute approximate surface area is 184 Å². The number of aryl methyl sites for hydroxylation is 1. The summed E-state index contributed by atoms with van der Waals surface area (Å²) in [6, 6.07) is 9.25. The predicted octanol–water partition coefficient (Wildman–Crippen LogP) is 0.930. The third kappa shape index (κ3) is 5.32. The molecule has 1 heterocycles. The van der Waals surface area contributed by atoms with Crippen LogP contribution in [0.25, 0.3) is 11.3 Å². The zero-order valence-corrected chi connectivity index (χ0v) is 17.8. The maximum Gasteiger partial charge on any atom is 0.405 e. The summed E-state index contributed by atoms with van der Waals surface area (Å²) in [6.45, 7) is 0. The lowest BCUT2D eigenvalue weighted by Gasteiger charge is -2.36. The topological polar surface area (TPSA) is 156 Å². The van der Waals surface area contributed by atoms with Crippen LogP contribution in [0, 0.1) is 0 Å². The van der Waals surface area contributed by atoms with Crippen molar-refractivity contribution in [3.63, 3.8) is 0 Å². The number of hydrogen-bond donors (Lipinski definition) is 4. The van der Waals surface area contributed by atoms with Gasteiger partial charge in [0.1, 0.15) is 11.6 Å². The number of amides is 3. The zero-order chi connectivity index (χ0) is 23.3. The molecule has 1 saturated carbocycles. The molecule has 170 valence electrons. The molecule has 1 aliphatic carbocycles. The number of nitrogens with one attached hydrogen (secondary N) is 2. The van der Waals surface area contributed by atoms with Crippen molar-refractivity contribution in [2.24, 2.45) is 12.8 Å². The molecule has 1 aromatic heterocycles. The minimum absolute atomic E-state index is 0.158. The van der Waals surface area contributed by atoms with Crippen LogP contribution in [-0.4, -0.2) is 44.4 Å². The molecule has 0 bridgehead atoms. The second-order valence-corrected chi connectivity index (χ2v) is 8.08. The van der Waals surface area contributed by atoms with E-state index >= 15 is 0 Å². The van der Waals surface area contributed by atoms with Crippen molar-refractivity contribution < 1.29 is 19.5 Å². The third-order valence-corrected chi connectivity index (χ3v) is 5.79. The predicted molar refractivity (Wildman–Crippen MR) is 117 cm³/mol. The van der Waals surface area contributed by atoms with Gasteiger partial charge in [-0.15, -0.1) is 0 Å². The average Bonchev–Trinajstić information content (AvgIpc) is 2.75. The van der Waals surface area contributed by atoms with E-state index in [1.54, 1.807) is 37.4 Å². The van der Waals surface area contributed by atoms with Gasteiger partial charge >= 0.3 is 6.09 Å². The van der Waals surface area contributed by atoms with Crippen molar-refractivity contribution in [1.82, 2.24) is 20.4 Å². The molecule has 1 fully saturated rings. The molecule has 0 radical (unpaired) electrons. The standard InChI is InChI=1S/C22H27N5O5/c1-27-18(28)10-9-16(26-27)15-7-5-14(6-8-15)13-17(19(23)29)24-20(30)22(25-21(31)32)11-3-2-4-12-22/h5-10,17,25H,2-4,11-13H2,1H3,(H2,23,29)(H,24,30)(H,31,32). The van der Waals surface area contributed by atoms with E-state index in [2.05, 4.69) is 15.7 Å². The Balaban J connectivity index is 1.74. The highest BCUT2D eigenvalue weighted by Gasteiger charge is 2.42. The number of carbonyl (C=O) groups excluding carboxylic acids is 2. The number of primary amides is 1. The van der Waals surface area contributed by atoms with E-state index in [0.29, 0.717) is 18.5 Å². The summed E-state index contributed by atoms with van der Waals surface area (Å²) in [4.78, 5) is 47.8. The van der Waals surface area contributed by atoms with Gasteiger partial charge in [0, 0.05) is 25.1 Å². The average molecular weight is 441 g/mol. The molecule has 10 heteroatoms. The second kappa shape index (κ2) is 9.63. The molecular formula is C22H27N5O5. The maximum atomic E-state index is 13.0. The van der Waals surface area contributed by atoms with Gasteiger partial charge in [0.15, 0.2) is 0 Å². The summed E-state index contributed by atoms with van der Waals surface area (Å²) in [5.74, 6) is -1.24. The van der Waals surface area contributed by atoms with Crippen molar-refractivity contribution >= 4 is 17.9 Å². The van der Waals surface area contributed by atoms with Crippen LogP contribution in [0.3, 0.4) is 0 Å². The monoisotopic (exact) mass is 441 g/mol. The molecule has 1 aliphatic rings. The number of benzene rings is 1. The largest absolute Gasteiger partial charge is 0.465 e. The highest BCUT2D eigenvalue weighted by molar-refractivity contribution is 5.93. The summed E-state index contributed by atoms with van der Waals surface area (Å²) in [5.41, 5.74) is 6.23. The van der Waals surface area contributed by atoms with Crippen molar-refractivity contribution in [2.75, 3.05) is 0 Å². The van der Waals surface area contributed by atoms with Gasteiger partial charge in [0.2, 0.25) is 11.8 Å². The number of hydrogen-bond acceptors (Lipinski definition) is 5. The Morgan fingerprint density at radius 1 is 1.12 bits per heavy atom. The number of rotatable bonds is 7. The number of carboxylic acid groups (broad SMARTS) is 1. The quantitative estimate of drug-likeness (QED) is 0.501. The SMILES string of the molecule is Cn1nc(-c2ccc(CC(NC(=O)C3(NC(=O)O)CCCCC3)C(N)=O)cc2)ccc1=O. The Bertz CT molecular complexity index is 1060. The summed E-state index contributed by atoms with van der Waals surface area (Å²) in [7, 11) is 1.57. The van der Waals surface area contributed by atoms with Crippen LogP contribution in [0.15, 0.2) is 41.2 Å². The molecule has 1 unspecified atom stereocenters. The van der Waals surface area contributed by atoms with Crippen LogP contribution in [0.1, 0.15) is 37.7 Å². The van der Waals surface area contributed by atoms with Crippen LogP contribution in [0.5, 0.6) is 0 Å². The molecule has 1 atom stereocenters. The molecule has 0 saturated heterocycles. The summed E-state index contributed by atoms with van der Waals surface area (Å²) in [5, 5.41) is 18.4. The van der Waals surface area contributed by atoms with Crippen LogP contribution in [0.4, 0.5) is 4.79 Å². The highest BCUT2D eigenvalue weighted by atomic mass is 16.4. The molecule has 3 amide bonds. The molecule has 0 aliphatic heterocycles. The van der Waals surface area contributed by atoms with Gasteiger partial charge in [0.25, 0.3) is 5.56 Å².